The van der Waals surface area contributed by atoms with E-state index in [1.54, 1.807) is 29.9 Å². The third kappa shape index (κ3) is 4.08. The van der Waals surface area contributed by atoms with Crippen LogP contribution in [0.5, 0.6) is 5.75 Å². The smallest absolute Gasteiger partial charge is 0.332 e. The van der Waals surface area contributed by atoms with Gasteiger partial charge < -0.3 is 10.1 Å². The highest BCUT2D eigenvalue weighted by atomic mass is 35.5. The summed E-state index contributed by atoms with van der Waals surface area (Å²) >= 11 is 12.3. The first-order valence-electron chi connectivity index (χ1n) is 9.29. The molecule has 0 aliphatic carbocycles. The lowest BCUT2D eigenvalue weighted by Gasteiger charge is -2.12. The number of methoxy groups -OCH3 is 1. The molecule has 0 unspecified atom stereocenters. The van der Waals surface area contributed by atoms with Crippen molar-refractivity contribution >= 4 is 29.0 Å². The van der Waals surface area contributed by atoms with E-state index >= 15 is 0 Å². The van der Waals surface area contributed by atoms with Gasteiger partial charge in [-0.15, -0.1) is 0 Å². The van der Waals surface area contributed by atoms with Gasteiger partial charge in [-0.25, -0.2) is 4.79 Å². The van der Waals surface area contributed by atoms with Crippen LogP contribution in [0, 0.1) is 0 Å². The molecule has 1 aromatic heterocycles. The van der Waals surface area contributed by atoms with Crippen molar-refractivity contribution in [1.82, 2.24) is 9.55 Å². The number of imidazole rings is 1. The average molecular weight is 440 g/mol. The number of nitrogens with zero attached hydrogens (tertiary/aromatic N) is 1. The molecule has 3 aromatic carbocycles. The zero-order valence-electron chi connectivity index (χ0n) is 16.2. The number of benzene rings is 3. The summed E-state index contributed by atoms with van der Waals surface area (Å²) in [5.41, 5.74) is 2.97. The summed E-state index contributed by atoms with van der Waals surface area (Å²) in [6.45, 7) is 0.561. The first-order chi connectivity index (χ1) is 14.6. The van der Waals surface area contributed by atoms with E-state index < -0.39 is 0 Å². The number of hydrogen-bond acceptors (Lipinski definition) is 3. The van der Waals surface area contributed by atoms with Crippen LogP contribution in [0.15, 0.2) is 77.6 Å². The summed E-state index contributed by atoms with van der Waals surface area (Å²) < 4.78 is 6.85. The maximum absolute atomic E-state index is 12.9. The number of aromatic nitrogens is 2. The topological polar surface area (TPSA) is 59.0 Å². The second kappa shape index (κ2) is 8.69. The van der Waals surface area contributed by atoms with Crippen LogP contribution < -0.4 is 15.7 Å². The molecular formula is C23H19Cl2N3O2. The van der Waals surface area contributed by atoms with Crippen LogP contribution in [-0.4, -0.2) is 16.7 Å². The zero-order valence-corrected chi connectivity index (χ0v) is 17.7. The Morgan fingerprint density at radius 1 is 0.967 bits per heavy atom. The molecule has 0 amide bonds. The van der Waals surface area contributed by atoms with Crippen molar-refractivity contribution in [3.8, 4) is 22.7 Å². The third-order valence-electron chi connectivity index (χ3n) is 4.73. The number of anilines is 1. The van der Waals surface area contributed by atoms with Crippen LogP contribution in [0.3, 0.4) is 0 Å². The SMILES string of the molecule is COc1ccc(-c2c(NCc3ccccc3)[nH]c(=O)n2-c2ccc(Cl)c(Cl)c2)cc1. The minimum Gasteiger partial charge on any atom is -0.497 e. The van der Waals surface area contributed by atoms with Crippen molar-refractivity contribution in [2.45, 2.75) is 6.54 Å². The number of halogens is 2. The van der Waals surface area contributed by atoms with Gasteiger partial charge in [0, 0.05) is 12.1 Å². The summed E-state index contributed by atoms with van der Waals surface area (Å²) in [6, 6.07) is 22.6. The molecule has 0 spiro atoms. The Balaban J connectivity index is 1.83. The van der Waals surface area contributed by atoms with Crippen LogP contribution in [0.2, 0.25) is 10.0 Å². The zero-order chi connectivity index (χ0) is 21.1. The molecule has 2 N–H and O–H groups in total. The van der Waals surface area contributed by atoms with Gasteiger partial charge in [0.05, 0.1) is 28.5 Å². The molecule has 1 heterocycles. The maximum atomic E-state index is 12.9. The molecular weight excluding hydrogens is 421 g/mol. The Bertz CT molecular complexity index is 1220. The second-order valence-electron chi connectivity index (χ2n) is 6.66. The molecule has 0 saturated carbocycles. The normalized spacial score (nSPS) is 10.8. The highest BCUT2D eigenvalue weighted by Gasteiger charge is 2.18. The van der Waals surface area contributed by atoms with Gasteiger partial charge in [0.15, 0.2) is 0 Å². The molecule has 0 radical (unpaired) electrons. The van der Waals surface area contributed by atoms with Gasteiger partial charge in [-0.1, -0.05) is 53.5 Å². The molecule has 4 aromatic rings. The highest BCUT2D eigenvalue weighted by Crippen LogP contribution is 2.32. The van der Waals surface area contributed by atoms with Crippen molar-refractivity contribution in [2.75, 3.05) is 12.4 Å². The lowest BCUT2D eigenvalue weighted by molar-refractivity contribution is 0.415. The summed E-state index contributed by atoms with van der Waals surface area (Å²) in [4.78, 5) is 15.9. The minimum atomic E-state index is -0.283. The predicted molar refractivity (Wildman–Crippen MR) is 122 cm³/mol. The first kappa shape index (κ1) is 20.1. The lowest BCUT2D eigenvalue weighted by Crippen LogP contribution is -2.15. The standard InChI is InChI=1S/C23H19Cl2N3O2/c1-30-18-10-7-16(8-11-18)21-22(26-14-15-5-3-2-4-6-15)27-23(29)28(21)17-9-12-19(24)20(25)13-17/h2-13,26H,14H2,1H3,(H,27,29). The van der Waals surface area contributed by atoms with E-state index in [0.717, 1.165) is 16.9 Å². The molecule has 30 heavy (non-hydrogen) atoms. The van der Waals surface area contributed by atoms with Gasteiger partial charge in [0.25, 0.3) is 0 Å². The number of aromatic amines is 1. The van der Waals surface area contributed by atoms with Crippen LogP contribution in [0.1, 0.15) is 5.56 Å². The molecule has 7 heteroatoms. The monoisotopic (exact) mass is 439 g/mol. The van der Waals surface area contributed by atoms with Gasteiger partial charge in [-0.3, -0.25) is 9.55 Å². The van der Waals surface area contributed by atoms with E-state index in [0.29, 0.717) is 33.8 Å². The summed E-state index contributed by atoms with van der Waals surface area (Å²) in [7, 11) is 1.61. The van der Waals surface area contributed by atoms with E-state index in [1.807, 2.05) is 54.6 Å². The van der Waals surface area contributed by atoms with E-state index in [-0.39, 0.29) is 5.69 Å². The van der Waals surface area contributed by atoms with Crippen molar-refractivity contribution in [3.63, 3.8) is 0 Å². The molecule has 0 fully saturated rings. The molecule has 4 rings (SSSR count). The fourth-order valence-electron chi connectivity index (χ4n) is 3.24. The molecule has 5 nitrogen and oxygen atoms in total. The van der Waals surface area contributed by atoms with Gasteiger partial charge >= 0.3 is 5.69 Å². The van der Waals surface area contributed by atoms with E-state index in [4.69, 9.17) is 27.9 Å². The molecule has 0 aliphatic heterocycles. The number of ether oxygens (including phenoxy) is 1. The van der Waals surface area contributed by atoms with Gasteiger partial charge in [0.2, 0.25) is 0 Å². The van der Waals surface area contributed by atoms with Gasteiger partial charge in [0.1, 0.15) is 11.6 Å². The van der Waals surface area contributed by atoms with Crippen molar-refractivity contribution in [2.24, 2.45) is 0 Å². The largest absolute Gasteiger partial charge is 0.497 e. The molecule has 0 bridgehead atoms. The van der Waals surface area contributed by atoms with Crippen molar-refractivity contribution in [3.05, 3.63) is 98.9 Å². The first-order valence-corrected chi connectivity index (χ1v) is 10.0. The van der Waals surface area contributed by atoms with E-state index in [2.05, 4.69) is 10.3 Å². The fraction of sp³-hybridized carbons (Fsp3) is 0.0870. The van der Waals surface area contributed by atoms with Gasteiger partial charge in [-0.2, -0.15) is 0 Å². The van der Waals surface area contributed by atoms with Crippen molar-refractivity contribution in [1.29, 1.82) is 0 Å². The third-order valence-corrected chi connectivity index (χ3v) is 5.47. The molecule has 0 aliphatic rings. The number of H-pyrrole nitrogens is 1. The Morgan fingerprint density at radius 3 is 2.37 bits per heavy atom. The number of nitrogens with one attached hydrogen (secondary N) is 2. The molecule has 0 atom stereocenters. The maximum Gasteiger partial charge on any atom is 0.332 e. The number of hydrogen-bond donors (Lipinski definition) is 2. The Labute approximate surface area is 183 Å². The molecule has 152 valence electrons. The summed E-state index contributed by atoms with van der Waals surface area (Å²) in [5.74, 6) is 1.34. The van der Waals surface area contributed by atoms with Gasteiger partial charge in [-0.05, 0) is 48.0 Å². The van der Waals surface area contributed by atoms with E-state index in [9.17, 15) is 4.79 Å². The van der Waals surface area contributed by atoms with Crippen LogP contribution >= 0.6 is 23.2 Å². The quantitative estimate of drug-likeness (QED) is 0.401. The fourth-order valence-corrected chi connectivity index (χ4v) is 3.53. The summed E-state index contributed by atoms with van der Waals surface area (Å²) in [5, 5.41) is 4.15. The minimum absolute atomic E-state index is 0.283. The number of rotatable bonds is 6. The summed E-state index contributed by atoms with van der Waals surface area (Å²) in [6.07, 6.45) is 0. The Hall–Kier alpha value is -3.15. The van der Waals surface area contributed by atoms with Crippen LogP contribution in [-0.2, 0) is 6.54 Å². The van der Waals surface area contributed by atoms with E-state index in [1.165, 1.54) is 0 Å². The predicted octanol–water partition coefficient (Wildman–Crippen LogP) is 5.76. The average Bonchev–Trinajstić information content (AvgIpc) is 3.11. The second-order valence-corrected chi connectivity index (χ2v) is 7.47. The van der Waals surface area contributed by atoms with Crippen molar-refractivity contribution < 1.29 is 4.74 Å². The Kier molecular flexibility index (Phi) is 5.84. The lowest BCUT2D eigenvalue weighted by atomic mass is 10.1. The Morgan fingerprint density at radius 2 is 1.70 bits per heavy atom. The van der Waals surface area contributed by atoms with Crippen LogP contribution in [0.4, 0.5) is 5.82 Å². The molecule has 0 saturated heterocycles. The highest BCUT2D eigenvalue weighted by molar-refractivity contribution is 6.42. The van der Waals surface area contributed by atoms with Crippen LogP contribution in [0.25, 0.3) is 16.9 Å².